The van der Waals surface area contributed by atoms with Gasteiger partial charge in [-0.15, -0.1) is 0 Å². The van der Waals surface area contributed by atoms with Crippen LogP contribution >= 0.6 is 12.2 Å². The van der Waals surface area contributed by atoms with Gasteiger partial charge in [-0.05, 0) is 75.8 Å². The van der Waals surface area contributed by atoms with Gasteiger partial charge in [-0.2, -0.15) is 0 Å². The molecule has 0 aromatic heterocycles. The predicted octanol–water partition coefficient (Wildman–Crippen LogP) is 4.44. The highest BCUT2D eigenvalue weighted by Gasteiger charge is 2.17. The molecule has 0 aliphatic heterocycles. The monoisotopic (exact) mass is 432 g/mol. The average molecular weight is 433 g/mol. The highest BCUT2D eigenvalue weighted by molar-refractivity contribution is 7.80. The fourth-order valence-corrected chi connectivity index (χ4v) is 2.65. The second-order valence-electron chi connectivity index (χ2n) is 7.14. The molecule has 0 fully saturated rings. The van der Waals surface area contributed by atoms with Gasteiger partial charge in [0, 0.05) is 12.2 Å². The number of esters is 2. The van der Waals surface area contributed by atoms with Crippen molar-refractivity contribution in [2.24, 2.45) is 0 Å². The van der Waals surface area contributed by atoms with E-state index in [0.717, 1.165) is 5.56 Å². The normalized spacial score (nSPS) is 10.6. The largest absolute Gasteiger partial charge is 0.459 e. The molecular weight excluding hydrogens is 407 g/mol. The molecule has 2 N–H and O–H groups in total. The summed E-state index contributed by atoms with van der Waals surface area (Å²) in [6.07, 6.45) is -0.614. The Morgan fingerprint density at radius 3 is 1.90 bits per heavy atom. The molecule has 2 aromatic carbocycles. The summed E-state index contributed by atoms with van der Waals surface area (Å²) in [5, 5.41) is 6.22. The van der Waals surface area contributed by atoms with Gasteiger partial charge in [-0.1, -0.05) is 12.1 Å². The van der Waals surface area contributed by atoms with Gasteiger partial charge in [0.15, 0.2) is 5.11 Å². The molecule has 30 heavy (non-hydrogen) atoms. The van der Waals surface area contributed by atoms with E-state index in [9.17, 15) is 14.0 Å². The smallest absolute Gasteiger partial charge is 0.338 e. The summed E-state index contributed by atoms with van der Waals surface area (Å²) < 4.78 is 23.5. The van der Waals surface area contributed by atoms with E-state index in [1.165, 1.54) is 18.2 Å². The third-order valence-corrected chi connectivity index (χ3v) is 3.96. The lowest BCUT2D eigenvalue weighted by atomic mass is 10.1. The zero-order valence-corrected chi connectivity index (χ0v) is 18.1. The molecule has 0 unspecified atom stereocenters. The molecule has 160 valence electrons. The number of thiocarbonyl (C=S) groups is 1. The highest BCUT2D eigenvalue weighted by Crippen LogP contribution is 2.18. The van der Waals surface area contributed by atoms with Crippen LogP contribution in [-0.4, -0.2) is 29.3 Å². The number of nitrogens with one attached hydrogen (secondary N) is 2. The van der Waals surface area contributed by atoms with Crippen molar-refractivity contribution in [1.82, 2.24) is 5.32 Å². The molecular formula is C22H25FN2O4S. The van der Waals surface area contributed by atoms with Gasteiger partial charge < -0.3 is 20.1 Å². The molecule has 0 spiro atoms. The maximum Gasteiger partial charge on any atom is 0.338 e. The van der Waals surface area contributed by atoms with Crippen LogP contribution in [0.2, 0.25) is 0 Å². The first kappa shape index (κ1) is 23.3. The molecule has 2 rings (SSSR count). The summed E-state index contributed by atoms with van der Waals surface area (Å²) in [4.78, 5) is 24.7. The molecule has 0 heterocycles. The second-order valence-corrected chi connectivity index (χ2v) is 7.55. The van der Waals surface area contributed by atoms with Gasteiger partial charge in [-0.3, -0.25) is 0 Å². The summed E-state index contributed by atoms with van der Waals surface area (Å²) in [5.41, 5.74) is 1.67. The van der Waals surface area contributed by atoms with E-state index in [0.29, 0.717) is 12.2 Å². The zero-order chi connectivity index (χ0) is 22.3. The number of benzene rings is 2. The number of hydrogen-bond donors (Lipinski definition) is 2. The van der Waals surface area contributed by atoms with Crippen molar-refractivity contribution in [1.29, 1.82) is 0 Å². The van der Waals surface area contributed by atoms with Crippen LogP contribution < -0.4 is 10.6 Å². The van der Waals surface area contributed by atoms with Crippen LogP contribution in [0.4, 0.5) is 10.1 Å². The highest BCUT2D eigenvalue weighted by atomic mass is 32.1. The lowest BCUT2D eigenvalue weighted by molar-refractivity contribution is 0.0377. The number of anilines is 1. The first-order valence-corrected chi connectivity index (χ1v) is 9.91. The van der Waals surface area contributed by atoms with E-state index in [1.807, 2.05) is 0 Å². The van der Waals surface area contributed by atoms with Crippen molar-refractivity contribution in [3.63, 3.8) is 0 Å². The van der Waals surface area contributed by atoms with E-state index in [4.69, 9.17) is 21.7 Å². The van der Waals surface area contributed by atoms with E-state index in [2.05, 4.69) is 10.6 Å². The first-order valence-electron chi connectivity index (χ1n) is 9.50. The van der Waals surface area contributed by atoms with E-state index in [1.54, 1.807) is 52.0 Å². The van der Waals surface area contributed by atoms with Gasteiger partial charge in [0.1, 0.15) is 5.82 Å². The Balaban J connectivity index is 2.17. The summed E-state index contributed by atoms with van der Waals surface area (Å²) in [6, 6.07) is 10.5. The van der Waals surface area contributed by atoms with Crippen LogP contribution in [0.15, 0.2) is 42.5 Å². The molecule has 8 heteroatoms. The second kappa shape index (κ2) is 10.7. The maximum atomic E-state index is 13.0. The fourth-order valence-electron chi connectivity index (χ4n) is 2.46. The molecule has 0 aliphatic rings. The quantitative estimate of drug-likeness (QED) is 0.495. The molecule has 0 saturated carbocycles. The Bertz CT molecular complexity index is 874. The van der Waals surface area contributed by atoms with E-state index >= 15 is 0 Å². The minimum Gasteiger partial charge on any atom is -0.459 e. The van der Waals surface area contributed by atoms with Gasteiger partial charge in [-0.25, -0.2) is 14.0 Å². The number of carbonyl (C=O) groups excluding carboxylic acids is 2. The summed E-state index contributed by atoms with van der Waals surface area (Å²) in [7, 11) is 0. The van der Waals surface area contributed by atoms with E-state index in [-0.39, 0.29) is 34.3 Å². The Morgan fingerprint density at radius 1 is 0.933 bits per heavy atom. The maximum absolute atomic E-state index is 13.0. The Morgan fingerprint density at radius 2 is 1.43 bits per heavy atom. The van der Waals surface area contributed by atoms with Crippen molar-refractivity contribution in [2.45, 2.75) is 46.4 Å². The summed E-state index contributed by atoms with van der Waals surface area (Å²) in [5.74, 6) is -1.43. The molecule has 0 saturated heterocycles. The number of halogens is 1. The van der Waals surface area contributed by atoms with Crippen LogP contribution in [-0.2, 0) is 16.0 Å². The molecule has 0 atom stereocenters. The third-order valence-electron chi connectivity index (χ3n) is 3.71. The van der Waals surface area contributed by atoms with Gasteiger partial charge in [0.25, 0.3) is 0 Å². The molecule has 0 amide bonds. The third kappa shape index (κ3) is 7.44. The van der Waals surface area contributed by atoms with Crippen molar-refractivity contribution in [2.75, 3.05) is 5.32 Å². The molecule has 6 nitrogen and oxygen atoms in total. The lowest BCUT2D eigenvalue weighted by Crippen LogP contribution is -2.28. The van der Waals surface area contributed by atoms with Crippen molar-refractivity contribution in [3.05, 3.63) is 65.0 Å². The predicted molar refractivity (Wildman–Crippen MR) is 117 cm³/mol. The Hall–Kier alpha value is -3.00. The summed E-state index contributed by atoms with van der Waals surface area (Å²) >= 11 is 5.29. The van der Waals surface area contributed by atoms with Gasteiger partial charge >= 0.3 is 11.9 Å². The van der Waals surface area contributed by atoms with Crippen LogP contribution in [0, 0.1) is 5.82 Å². The molecule has 0 radical (unpaired) electrons. The lowest BCUT2D eigenvalue weighted by Gasteiger charge is -2.15. The van der Waals surface area contributed by atoms with Crippen LogP contribution in [0.25, 0.3) is 0 Å². The molecule has 0 bridgehead atoms. The molecule has 2 aromatic rings. The number of ether oxygens (including phenoxy) is 2. The van der Waals surface area contributed by atoms with E-state index < -0.39 is 11.9 Å². The number of carbonyl (C=O) groups is 2. The van der Waals surface area contributed by atoms with Crippen molar-refractivity contribution in [3.8, 4) is 0 Å². The van der Waals surface area contributed by atoms with Gasteiger partial charge in [0.05, 0.1) is 23.3 Å². The molecule has 0 aliphatic carbocycles. The fraction of sp³-hybridized carbons (Fsp3) is 0.318. The first-order chi connectivity index (χ1) is 14.1. The standard InChI is InChI=1S/C22H25FN2O4S/c1-13(2)28-20(26)16-9-17(21(27)29-14(3)4)11-19(10-16)25-22(30)24-12-15-5-7-18(23)8-6-15/h5-11,13-14H,12H2,1-4H3,(H2,24,25,30). The van der Waals surface area contributed by atoms with Crippen LogP contribution in [0.3, 0.4) is 0 Å². The van der Waals surface area contributed by atoms with Crippen molar-refractivity contribution >= 4 is 35.0 Å². The Kier molecular flexibility index (Phi) is 8.29. The van der Waals surface area contributed by atoms with Crippen molar-refractivity contribution < 1.29 is 23.5 Å². The minimum atomic E-state index is -0.558. The number of rotatable bonds is 7. The SMILES string of the molecule is CC(C)OC(=O)c1cc(NC(=S)NCc2ccc(F)cc2)cc(C(=O)OC(C)C)c1. The van der Waals surface area contributed by atoms with Gasteiger partial charge in [0.2, 0.25) is 0 Å². The Labute approximate surface area is 180 Å². The average Bonchev–Trinajstić information content (AvgIpc) is 2.66. The minimum absolute atomic E-state index is 0.200. The summed E-state index contributed by atoms with van der Waals surface area (Å²) in [6.45, 7) is 7.33. The van der Waals surface area contributed by atoms with Crippen LogP contribution in [0.1, 0.15) is 54.0 Å². The zero-order valence-electron chi connectivity index (χ0n) is 17.3. The van der Waals surface area contributed by atoms with Crippen LogP contribution in [0.5, 0.6) is 0 Å². The number of hydrogen-bond acceptors (Lipinski definition) is 5. The topological polar surface area (TPSA) is 76.7 Å².